The van der Waals surface area contributed by atoms with Gasteiger partial charge in [0.05, 0.1) is 11.3 Å². The molecule has 1 aliphatic heterocycles. The predicted molar refractivity (Wildman–Crippen MR) is 78.1 cm³/mol. The summed E-state index contributed by atoms with van der Waals surface area (Å²) in [6, 6.07) is 6.59. The molecular formula is C15H20N2O4. The minimum absolute atomic E-state index is 0.00510. The number of hydrogen-bond acceptors (Lipinski definition) is 4. The molecule has 0 radical (unpaired) electrons. The lowest BCUT2D eigenvalue weighted by Gasteiger charge is -2.39. The van der Waals surface area contributed by atoms with Gasteiger partial charge in [-0.1, -0.05) is 18.6 Å². The number of nitro benzene ring substituents is 1. The number of piperidine rings is 1. The normalized spacial score (nSPS) is 20.9. The van der Waals surface area contributed by atoms with Gasteiger partial charge in [0.25, 0.3) is 5.69 Å². The molecule has 114 valence electrons. The average Bonchev–Trinajstić information content (AvgIpc) is 2.46. The molecule has 1 saturated heterocycles. The number of carboxylic acids is 1. The predicted octanol–water partition coefficient (Wildman–Crippen LogP) is 2.99. The van der Waals surface area contributed by atoms with Gasteiger partial charge in [0, 0.05) is 24.2 Å². The number of carboxylic acid groups (broad SMARTS) is 1. The van der Waals surface area contributed by atoms with E-state index in [9.17, 15) is 14.9 Å². The summed E-state index contributed by atoms with van der Waals surface area (Å²) in [6.07, 6.45) is 3.07. The zero-order valence-electron chi connectivity index (χ0n) is 12.1. The molecule has 1 heterocycles. The third kappa shape index (κ3) is 3.78. The molecule has 6 nitrogen and oxygen atoms in total. The maximum atomic E-state index is 11.0. The lowest BCUT2D eigenvalue weighted by atomic mass is 9.95. The SMILES string of the molecule is CC(c1cccc([N+](=O)[O-])c1)N1CCCCC1CC(=O)O. The molecule has 1 fully saturated rings. The van der Waals surface area contributed by atoms with Crippen LogP contribution in [0.2, 0.25) is 0 Å². The molecule has 0 amide bonds. The molecule has 0 spiro atoms. The average molecular weight is 292 g/mol. The molecule has 1 aliphatic rings. The molecule has 0 bridgehead atoms. The Morgan fingerprint density at radius 2 is 2.29 bits per heavy atom. The van der Waals surface area contributed by atoms with Crippen LogP contribution in [0.5, 0.6) is 0 Å². The number of aliphatic carboxylic acids is 1. The number of rotatable bonds is 5. The first-order valence-corrected chi connectivity index (χ1v) is 7.21. The van der Waals surface area contributed by atoms with Gasteiger partial charge in [-0.15, -0.1) is 0 Å². The molecule has 0 aromatic heterocycles. The van der Waals surface area contributed by atoms with Crippen molar-refractivity contribution in [1.29, 1.82) is 0 Å². The number of non-ortho nitro benzene ring substituents is 1. The van der Waals surface area contributed by atoms with E-state index in [1.165, 1.54) is 6.07 Å². The van der Waals surface area contributed by atoms with Crippen molar-refractivity contribution in [1.82, 2.24) is 4.90 Å². The summed E-state index contributed by atoms with van der Waals surface area (Å²) in [7, 11) is 0. The Morgan fingerprint density at radius 1 is 1.52 bits per heavy atom. The second kappa shape index (κ2) is 6.67. The quantitative estimate of drug-likeness (QED) is 0.666. The molecule has 21 heavy (non-hydrogen) atoms. The van der Waals surface area contributed by atoms with Crippen LogP contribution in [0, 0.1) is 10.1 Å². The zero-order chi connectivity index (χ0) is 15.4. The summed E-state index contributed by atoms with van der Waals surface area (Å²) >= 11 is 0. The fourth-order valence-corrected chi connectivity index (χ4v) is 3.04. The van der Waals surface area contributed by atoms with Gasteiger partial charge in [-0.25, -0.2) is 0 Å². The van der Waals surface area contributed by atoms with Crippen molar-refractivity contribution in [2.75, 3.05) is 6.54 Å². The summed E-state index contributed by atoms with van der Waals surface area (Å²) < 4.78 is 0. The summed E-state index contributed by atoms with van der Waals surface area (Å²) in [5.41, 5.74) is 0.938. The highest BCUT2D eigenvalue weighted by Gasteiger charge is 2.29. The van der Waals surface area contributed by atoms with Gasteiger partial charge in [-0.05, 0) is 31.9 Å². The molecule has 1 N–H and O–H groups in total. The van der Waals surface area contributed by atoms with Gasteiger partial charge < -0.3 is 5.11 Å². The van der Waals surface area contributed by atoms with Crippen LogP contribution in [0.15, 0.2) is 24.3 Å². The maximum Gasteiger partial charge on any atom is 0.304 e. The maximum absolute atomic E-state index is 11.0. The van der Waals surface area contributed by atoms with Crippen molar-refractivity contribution >= 4 is 11.7 Å². The van der Waals surface area contributed by atoms with Gasteiger partial charge in [0.2, 0.25) is 0 Å². The molecule has 2 unspecified atom stereocenters. The molecule has 0 saturated carbocycles. The molecule has 0 aliphatic carbocycles. The van der Waals surface area contributed by atoms with Gasteiger partial charge in [-0.2, -0.15) is 0 Å². The molecule has 2 atom stereocenters. The van der Waals surface area contributed by atoms with Crippen LogP contribution in [0.4, 0.5) is 5.69 Å². The minimum atomic E-state index is -0.793. The standard InChI is InChI=1S/C15H20N2O4/c1-11(12-5-4-7-14(9-12)17(20)21)16-8-3-2-6-13(16)10-15(18)19/h4-5,7,9,11,13H,2-3,6,8,10H2,1H3,(H,18,19). The van der Waals surface area contributed by atoms with Crippen LogP contribution in [0.3, 0.4) is 0 Å². The first-order chi connectivity index (χ1) is 9.99. The lowest BCUT2D eigenvalue weighted by molar-refractivity contribution is -0.385. The van der Waals surface area contributed by atoms with Crippen molar-refractivity contribution < 1.29 is 14.8 Å². The third-order valence-electron chi connectivity index (χ3n) is 4.14. The summed E-state index contributed by atoms with van der Waals surface area (Å²) in [6.45, 7) is 2.82. The number of nitro groups is 1. The van der Waals surface area contributed by atoms with Gasteiger partial charge in [0.15, 0.2) is 0 Å². The van der Waals surface area contributed by atoms with Crippen LogP contribution >= 0.6 is 0 Å². The van der Waals surface area contributed by atoms with Crippen molar-refractivity contribution in [3.63, 3.8) is 0 Å². The molecular weight excluding hydrogens is 272 g/mol. The van der Waals surface area contributed by atoms with E-state index >= 15 is 0 Å². The smallest absolute Gasteiger partial charge is 0.304 e. The van der Waals surface area contributed by atoms with Gasteiger partial charge in [-0.3, -0.25) is 19.8 Å². The number of carbonyl (C=O) groups is 1. The number of benzene rings is 1. The highest BCUT2D eigenvalue weighted by atomic mass is 16.6. The van der Waals surface area contributed by atoms with Crippen molar-refractivity contribution in [2.45, 2.75) is 44.7 Å². The fourth-order valence-electron chi connectivity index (χ4n) is 3.04. The van der Waals surface area contributed by atoms with Crippen LogP contribution in [0.1, 0.15) is 44.2 Å². The van der Waals surface area contributed by atoms with E-state index in [0.29, 0.717) is 0 Å². The summed E-state index contributed by atoms with van der Waals surface area (Å²) in [5, 5.41) is 19.9. The van der Waals surface area contributed by atoms with E-state index < -0.39 is 10.9 Å². The second-order valence-corrected chi connectivity index (χ2v) is 5.51. The third-order valence-corrected chi connectivity index (χ3v) is 4.14. The monoisotopic (exact) mass is 292 g/mol. The fraction of sp³-hybridized carbons (Fsp3) is 0.533. The lowest BCUT2D eigenvalue weighted by Crippen LogP contribution is -2.42. The first kappa shape index (κ1) is 15.4. The largest absolute Gasteiger partial charge is 0.481 e. The number of likely N-dealkylation sites (tertiary alicyclic amines) is 1. The molecule has 2 rings (SSSR count). The Balaban J connectivity index is 2.19. The topological polar surface area (TPSA) is 83.7 Å². The zero-order valence-corrected chi connectivity index (χ0v) is 12.1. The van der Waals surface area contributed by atoms with E-state index in [-0.39, 0.29) is 24.2 Å². The van der Waals surface area contributed by atoms with E-state index in [1.54, 1.807) is 12.1 Å². The van der Waals surface area contributed by atoms with E-state index in [1.807, 2.05) is 13.0 Å². The van der Waals surface area contributed by atoms with E-state index in [4.69, 9.17) is 5.11 Å². The van der Waals surface area contributed by atoms with E-state index in [2.05, 4.69) is 4.90 Å². The molecule has 1 aromatic carbocycles. The van der Waals surface area contributed by atoms with Gasteiger partial charge in [0.1, 0.15) is 0 Å². The van der Waals surface area contributed by atoms with Crippen LogP contribution in [-0.2, 0) is 4.79 Å². The highest BCUT2D eigenvalue weighted by Crippen LogP contribution is 2.31. The summed E-state index contributed by atoms with van der Waals surface area (Å²) in [4.78, 5) is 23.6. The Bertz CT molecular complexity index is 532. The molecule has 6 heteroatoms. The Hall–Kier alpha value is -1.95. The molecule has 1 aromatic rings. The van der Waals surface area contributed by atoms with Crippen LogP contribution in [-0.4, -0.2) is 33.5 Å². The Morgan fingerprint density at radius 3 is 2.95 bits per heavy atom. The highest BCUT2D eigenvalue weighted by molar-refractivity contribution is 5.67. The van der Waals surface area contributed by atoms with Crippen molar-refractivity contribution in [2.24, 2.45) is 0 Å². The van der Waals surface area contributed by atoms with Crippen LogP contribution in [0.25, 0.3) is 0 Å². The summed E-state index contributed by atoms with van der Waals surface area (Å²) in [5.74, 6) is -0.793. The number of nitrogens with zero attached hydrogens (tertiary/aromatic N) is 2. The Kier molecular flexibility index (Phi) is 4.90. The minimum Gasteiger partial charge on any atom is -0.481 e. The Labute approximate surface area is 123 Å². The van der Waals surface area contributed by atoms with E-state index in [0.717, 1.165) is 31.4 Å². The van der Waals surface area contributed by atoms with Crippen molar-refractivity contribution in [3.05, 3.63) is 39.9 Å². The second-order valence-electron chi connectivity index (χ2n) is 5.51. The van der Waals surface area contributed by atoms with Crippen molar-refractivity contribution in [3.8, 4) is 0 Å². The van der Waals surface area contributed by atoms with Crippen LogP contribution < -0.4 is 0 Å². The van der Waals surface area contributed by atoms with Gasteiger partial charge >= 0.3 is 5.97 Å². The number of hydrogen-bond donors (Lipinski definition) is 1. The first-order valence-electron chi connectivity index (χ1n) is 7.21.